The van der Waals surface area contributed by atoms with Crippen molar-refractivity contribution < 1.29 is 4.79 Å². The van der Waals surface area contributed by atoms with Gasteiger partial charge in [-0.05, 0) is 24.0 Å². The minimum absolute atomic E-state index is 0.0534. The van der Waals surface area contributed by atoms with Crippen molar-refractivity contribution in [2.24, 2.45) is 0 Å². The number of hydrogen-bond acceptors (Lipinski definition) is 3. The van der Waals surface area contributed by atoms with Crippen molar-refractivity contribution in [3.8, 4) is 6.07 Å². The third-order valence-corrected chi connectivity index (χ3v) is 3.81. The SMILES string of the molecule is C=CCN(CC=C)C(=O)/C(C#N)=C\Nc1ccccc1C(C)CC. The molecule has 0 saturated carbocycles. The Bertz CT molecular complexity index is 645. The molecule has 1 unspecified atom stereocenters. The topological polar surface area (TPSA) is 56.1 Å². The maximum atomic E-state index is 12.5. The summed E-state index contributed by atoms with van der Waals surface area (Å²) in [5.74, 6) is 0.0483. The Morgan fingerprint density at radius 2 is 1.96 bits per heavy atom. The standard InChI is InChI=1S/C20H25N3O/c1-5-12-23(13-6-2)20(24)17(14-21)15-22-19-11-9-8-10-18(19)16(4)7-3/h5-6,8-11,15-16,22H,1-2,7,12-13H2,3-4H3/b17-15-. The van der Waals surface area contributed by atoms with E-state index in [9.17, 15) is 10.1 Å². The van der Waals surface area contributed by atoms with Gasteiger partial charge in [0.2, 0.25) is 0 Å². The molecule has 0 radical (unpaired) electrons. The molecule has 1 rings (SSSR count). The predicted molar refractivity (Wildman–Crippen MR) is 99.4 cm³/mol. The van der Waals surface area contributed by atoms with Gasteiger partial charge in [0.25, 0.3) is 5.91 Å². The van der Waals surface area contributed by atoms with E-state index in [1.165, 1.54) is 11.1 Å². The summed E-state index contributed by atoms with van der Waals surface area (Å²) in [6, 6.07) is 9.89. The molecule has 4 nitrogen and oxygen atoms in total. The van der Waals surface area contributed by atoms with E-state index >= 15 is 0 Å². The maximum Gasteiger partial charge on any atom is 0.266 e. The Balaban J connectivity index is 3.02. The van der Waals surface area contributed by atoms with Crippen molar-refractivity contribution in [1.82, 2.24) is 4.90 Å². The monoisotopic (exact) mass is 323 g/mol. The van der Waals surface area contributed by atoms with Crippen molar-refractivity contribution >= 4 is 11.6 Å². The van der Waals surface area contributed by atoms with Crippen LogP contribution in [0.4, 0.5) is 5.69 Å². The summed E-state index contributed by atoms with van der Waals surface area (Å²) in [4.78, 5) is 14.0. The van der Waals surface area contributed by atoms with Crippen molar-refractivity contribution in [2.75, 3.05) is 18.4 Å². The van der Waals surface area contributed by atoms with E-state index in [1.54, 1.807) is 12.2 Å². The van der Waals surface area contributed by atoms with Crippen LogP contribution in [0.2, 0.25) is 0 Å². The molecule has 4 heteroatoms. The van der Waals surface area contributed by atoms with Crippen molar-refractivity contribution in [3.05, 3.63) is 66.9 Å². The number of nitrogens with zero attached hydrogens (tertiary/aromatic N) is 2. The number of nitriles is 1. The second-order valence-electron chi connectivity index (χ2n) is 5.50. The van der Waals surface area contributed by atoms with Crippen molar-refractivity contribution in [2.45, 2.75) is 26.2 Å². The van der Waals surface area contributed by atoms with Crippen LogP contribution >= 0.6 is 0 Å². The van der Waals surface area contributed by atoms with Crippen LogP contribution in [-0.4, -0.2) is 23.9 Å². The molecule has 0 saturated heterocycles. The Labute approximate surface area is 144 Å². The van der Waals surface area contributed by atoms with Gasteiger partial charge in [0, 0.05) is 25.0 Å². The third kappa shape index (κ3) is 5.13. The largest absolute Gasteiger partial charge is 0.360 e. The zero-order chi connectivity index (χ0) is 17.9. The number of rotatable bonds is 9. The number of carbonyl (C=O) groups excluding carboxylic acids is 1. The summed E-state index contributed by atoms with van der Waals surface area (Å²) in [7, 11) is 0. The molecule has 0 aromatic heterocycles. The van der Waals surface area contributed by atoms with Crippen LogP contribution in [0.15, 0.2) is 61.3 Å². The van der Waals surface area contributed by atoms with Gasteiger partial charge in [-0.3, -0.25) is 4.79 Å². The molecule has 0 heterocycles. The molecule has 0 bridgehead atoms. The van der Waals surface area contributed by atoms with Crippen LogP contribution in [-0.2, 0) is 4.79 Å². The lowest BCUT2D eigenvalue weighted by atomic mass is 9.97. The zero-order valence-electron chi connectivity index (χ0n) is 14.5. The summed E-state index contributed by atoms with van der Waals surface area (Å²) in [6.45, 7) is 12.3. The molecule has 1 N–H and O–H groups in total. The highest BCUT2D eigenvalue weighted by molar-refractivity contribution is 5.97. The third-order valence-electron chi connectivity index (χ3n) is 3.81. The Morgan fingerprint density at radius 3 is 2.50 bits per heavy atom. The molecule has 126 valence electrons. The van der Waals surface area contributed by atoms with Gasteiger partial charge >= 0.3 is 0 Å². The average Bonchev–Trinajstić information content (AvgIpc) is 2.61. The minimum atomic E-state index is -0.342. The number of hydrogen-bond donors (Lipinski definition) is 1. The number of carbonyl (C=O) groups is 1. The smallest absolute Gasteiger partial charge is 0.266 e. The van der Waals surface area contributed by atoms with Gasteiger partial charge in [0.1, 0.15) is 11.6 Å². The first-order chi connectivity index (χ1) is 11.6. The Morgan fingerprint density at radius 1 is 1.33 bits per heavy atom. The summed E-state index contributed by atoms with van der Waals surface area (Å²) in [5.41, 5.74) is 2.12. The molecular formula is C20H25N3O. The number of amides is 1. The van der Waals surface area contributed by atoms with Gasteiger partial charge < -0.3 is 10.2 Å². The van der Waals surface area contributed by atoms with Crippen molar-refractivity contribution in [1.29, 1.82) is 5.26 Å². The van der Waals surface area contributed by atoms with Crippen LogP contribution in [0.3, 0.4) is 0 Å². The fourth-order valence-corrected chi connectivity index (χ4v) is 2.29. The van der Waals surface area contributed by atoms with E-state index in [0.717, 1.165) is 17.7 Å². The van der Waals surface area contributed by atoms with Gasteiger partial charge in [0.15, 0.2) is 0 Å². The van der Waals surface area contributed by atoms with Gasteiger partial charge in [-0.2, -0.15) is 5.26 Å². The summed E-state index contributed by atoms with van der Waals surface area (Å²) in [5, 5.41) is 12.4. The first kappa shape index (κ1) is 19.2. The molecule has 0 spiro atoms. The molecule has 1 aromatic rings. The molecule has 24 heavy (non-hydrogen) atoms. The molecule has 0 aliphatic carbocycles. The van der Waals surface area contributed by atoms with Crippen LogP contribution < -0.4 is 5.32 Å². The van der Waals surface area contributed by atoms with Crippen LogP contribution in [0.25, 0.3) is 0 Å². The van der Waals surface area contributed by atoms with E-state index < -0.39 is 0 Å². The Hall–Kier alpha value is -2.80. The van der Waals surface area contributed by atoms with Gasteiger partial charge in [0.05, 0.1) is 0 Å². The highest BCUT2D eigenvalue weighted by Crippen LogP contribution is 2.26. The maximum absolute atomic E-state index is 12.5. The van der Waals surface area contributed by atoms with Gasteiger partial charge in [-0.25, -0.2) is 0 Å². The Kier molecular flexibility index (Phi) is 8.07. The molecule has 0 fully saturated rings. The normalized spacial score (nSPS) is 12.0. The van der Waals surface area contributed by atoms with E-state index in [4.69, 9.17) is 0 Å². The summed E-state index contributed by atoms with van der Waals surface area (Å²) >= 11 is 0. The van der Waals surface area contributed by atoms with E-state index in [1.807, 2.05) is 24.3 Å². The lowest BCUT2D eigenvalue weighted by Gasteiger charge is -2.19. The van der Waals surface area contributed by atoms with Crippen LogP contribution in [0, 0.1) is 11.3 Å². The first-order valence-electron chi connectivity index (χ1n) is 8.05. The number of para-hydroxylation sites is 1. The molecule has 0 aliphatic rings. The van der Waals surface area contributed by atoms with Gasteiger partial charge in [-0.1, -0.05) is 44.2 Å². The molecule has 0 aliphatic heterocycles. The number of anilines is 1. The van der Waals surface area contributed by atoms with Crippen LogP contribution in [0.1, 0.15) is 31.7 Å². The summed E-state index contributed by atoms with van der Waals surface area (Å²) < 4.78 is 0. The minimum Gasteiger partial charge on any atom is -0.360 e. The fourth-order valence-electron chi connectivity index (χ4n) is 2.29. The molecular weight excluding hydrogens is 298 g/mol. The fraction of sp³-hybridized carbons (Fsp3) is 0.300. The first-order valence-corrected chi connectivity index (χ1v) is 8.05. The molecule has 1 atom stereocenters. The second-order valence-corrected chi connectivity index (χ2v) is 5.50. The molecule has 1 amide bonds. The van der Waals surface area contributed by atoms with Crippen molar-refractivity contribution in [3.63, 3.8) is 0 Å². The van der Waals surface area contributed by atoms with E-state index in [2.05, 4.69) is 38.4 Å². The number of nitrogens with one attached hydrogen (secondary N) is 1. The van der Waals surface area contributed by atoms with Gasteiger partial charge in [-0.15, -0.1) is 13.2 Å². The average molecular weight is 323 g/mol. The van der Waals surface area contributed by atoms with E-state index in [-0.39, 0.29) is 11.5 Å². The highest BCUT2D eigenvalue weighted by Gasteiger charge is 2.16. The molecule has 1 aromatic carbocycles. The quantitative estimate of drug-likeness (QED) is 0.420. The zero-order valence-corrected chi connectivity index (χ0v) is 14.5. The second kappa shape index (κ2) is 10.1. The summed E-state index contributed by atoms with van der Waals surface area (Å²) in [6.07, 6.45) is 5.74. The lowest BCUT2D eigenvalue weighted by Crippen LogP contribution is -2.32. The number of benzene rings is 1. The highest BCUT2D eigenvalue weighted by atomic mass is 16.2. The van der Waals surface area contributed by atoms with Crippen LogP contribution in [0.5, 0.6) is 0 Å². The van der Waals surface area contributed by atoms with E-state index in [0.29, 0.717) is 19.0 Å². The predicted octanol–water partition coefficient (Wildman–Crippen LogP) is 4.22. The lowest BCUT2D eigenvalue weighted by molar-refractivity contribution is -0.125.